The van der Waals surface area contributed by atoms with E-state index >= 15 is 0 Å². The van der Waals surface area contributed by atoms with Gasteiger partial charge < -0.3 is 5.32 Å². The Labute approximate surface area is 174 Å². The second-order valence-electron chi connectivity index (χ2n) is 6.46. The second-order valence-corrected chi connectivity index (χ2v) is 9.66. The van der Waals surface area contributed by atoms with Crippen molar-refractivity contribution in [2.24, 2.45) is 0 Å². The van der Waals surface area contributed by atoms with E-state index < -0.39 is 20.9 Å². The highest BCUT2D eigenvalue weighted by molar-refractivity contribution is 8.00. The van der Waals surface area contributed by atoms with Crippen molar-refractivity contribution in [3.8, 4) is 0 Å². The lowest BCUT2D eigenvalue weighted by molar-refractivity contribution is -0.120. The number of thioether (sulfide) groups is 1. The minimum atomic E-state index is -3.46. The molecule has 0 radical (unpaired) electrons. The van der Waals surface area contributed by atoms with Crippen LogP contribution in [0.3, 0.4) is 0 Å². The number of hydrogen-bond donors (Lipinski definition) is 1. The third-order valence-corrected chi connectivity index (χ3v) is 6.61. The minimum absolute atomic E-state index is 0.0152. The molecule has 0 aliphatic heterocycles. The maximum atomic E-state index is 14.1. The van der Waals surface area contributed by atoms with Gasteiger partial charge in [0, 0.05) is 23.3 Å². The molecule has 7 heteroatoms. The van der Waals surface area contributed by atoms with E-state index in [1.54, 1.807) is 0 Å². The van der Waals surface area contributed by atoms with E-state index in [2.05, 4.69) is 5.32 Å². The number of halogens is 1. The summed E-state index contributed by atoms with van der Waals surface area (Å²) in [6, 6.07) is 22.4. The van der Waals surface area contributed by atoms with E-state index in [0.29, 0.717) is 0 Å². The van der Waals surface area contributed by atoms with Crippen molar-refractivity contribution in [3.63, 3.8) is 0 Å². The van der Waals surface area contributed by atoms with Crippen LogP contribution >= 0.6 is 11.8 Å². The molecule has 3 aromatic rings. The zero-order valence-corrected chi connectivity index (χ0v) is 17.3. The molecule has 1 atom stereocenters. The molecular formula is C22H20FNO3S2. The summed E-state index contributed by atoms with van der Waals surface area (Å²) in [5.41, 5.74) is 0.946. The summed E-state index contributed by atoms with van der Waals surface area (Å²) in [6.07, 6.45) is 1.06. The molecule has 0 bridgehead atoms. The molecule has 0 saturated heterocycles. The highest BCUT2D eigenvalue weighted by Crippen LogP contribution is 2.35. The number of sulfone groups is 1. The molecule has 0 heterocycles. The summed E-state index contributed by atoms with van der Waals surface area (Å²) >= 11 is 1.39. The average Bonchev–Trinajstić information content (AvgIpc) is 2.71. The van der Waals surface area contributed by atoms with E-state index in [1.165, 1.54) is 23.9 Å². The zero-order chi connectivity index (χ0) is 20.9. The molecule has 4 nitrogen and oxygen atoms in total. The normalized spacial score (nSPS) is 12.3. The average molecular weight is 430 g/mol. The van der Waals surface area contributed by atoms with Crippen LogP contribution in [0.15, 0.2) is 88.7 Å². The second kappa shape index (κ2) is 9.24. The quantitative estimate of drug-likeness (QED) is 0.447. The van der Waals surface area contributed by atoms with Crippen LogP contribution in [0.1, 0.15) is 16.4 Å². The molecule has 3 rings (SSSR count). The molecule has 0 aromatic heterocycles. The third-order valence-electron chi connectivity index (χ3n) is 4.24. The van der Waals surface area contributed by atoms with Crippen LogP contribution < -0.4 is 5.32 Å². The Bertz CT molecular complexity index is 1090. The maximum Gasteiger partial charge on any atom is 0.238 e. The van der Waals surface area contributed by atoms with Crippen molar-refractivity contribution in [1.29, 1.82) is 0 Å². The fraction of sp³-hybridized carbons (Fsp3) is 0.136. The predicted octanol–water partition coefficient (Wildman–Crippen LogP) is 4.38. The van der Waals surface area contributed by atoms with Crippen LogP contribution in [-0.4, -0.2) is 20.6 Å². The molecule has 3 aromatic carbocycles. The first-order valence-electron chi connectivity index (χ1n) is 8.87. The van der Waals surface area contributed by atoms with Gasteiger partial charge in [0.25, 0.3) is 0 Å². The van der Waals surface area contributed by atoms with Crippen molar-refractivity contribution in [2.45, 2.75) is 21.6 Å². The smallest absolute Gasteiger partial charge is 0.238 e. The van der Waals surface area contributed by atoms with Gasteiger partial charge in [0.2, 0.25) is 5.91 Å². The van der Waals surface area contributed by atoms with E-state index in [-0.39, 0.29) is 22.9 Å². The Hall–Kier alpha value is -2.64. The van der Waals surface area contributed by atoms with Gasteiger partial charge in [-0.05, 0) is 35.9 Å². The van der Waals surface area contributed by atoms with Crippen LogP contribution in [0.4, 0.5) is 4.39 Å². The molecule has 0 spiro atoms. The van der Waals surface area contributed by atoms with Crippen molar-refractivity contribution >= 4 is 27.5 Å². The molecule has 0 aliphatic rings. The number of benzene rings is 3. The first-order chi connectivity index (χ1) is 13.8. The number of hydrogen-bond acceptors (Lipinski definition) is 4. The Morgan fingerprint density at radius 2 is 1.62 bits per heavy atom. The van der Waals surface area contributed by atoms with Gasteiger partial charge in [-0.1, -0.05) is 48.5 Å². The number of rotatable bonds is 7. The Balaban J connectivity index is 1.80. The van der Waals surface area contributed by atoms with E-state index in [4.69, 9.17) is 0 Å². The monoisotopic (exact) mass is 429 g/mol. The summed E-state index contributed by atoms with van der Waals surface area (Å²) in [6.45, 7) is -0.104. The highest BCUT2D eigenvalue weighted by atomic mass is 32.2. The molecule has 0 aliphatic carbocycles. The lowest BCUT2D eigenvalue weighted by Crippen LogP contribution is -2.28. The summed E-state index contributed by atoms with van der Waals surface area (Å²) in [5.74, 6) is -0.848. The molecule has 0 fully saturated rings. The first kappa shape index (κ1) is 21.1. The van der Waals surface area contributed by atoms with Crippen LogP contribution in [0.5, 0.6) is 0 Å². The maximum absolute atomic E-state index is 14.1. The largest absolute Gasteiger partial charge is 0.351 e. The van der Waals surface area contributed by atoms with Crippen molar-refractivity contribution in [1.82, 2.24) is 5.32 Å². The number of amides is 1. The number of carbonyl (C=O) groups excluding carboxylic acids is 1. The van der Waals surface area contributed by atoms with E-state index in [0.717, 1.165) is 22.8 Å². The molecule has 0 unspecified atom stereocenters. The van der Waals surface area contributed by atoms with Gasteiger partial charge in [-0.15, -0.1) is 11.8 Å². The van der Waals surface area contributed by atoms with Gasteiger partial charge in [-0.3, -0.25) is 4.79 Å². The summed E-state index contributed by atoms with van der Waals surface area (Å²) in [7, 11) is -3.46. The van der Waals surface area contributed by atoms with Crippen LogP contribution in [-0.2, 0) is 21.2 Å². The first-order valence-corrected chi connectivity index (χ1v) is 11.6. The van der Waals surface area contributed by atoms with Crippen LogP contribution in [0.2, 0.25) is 0 Å². The van der Waals surface area contributed by atoms with Crippen molar-refractivity contribution in [3.05, 3.63) is 95.8 Å². The Morgan fingerprint density at radius 1 is 1.00 bits per heavy atom. The summed E-state index contributed by atoms with van der Waals surface area (Å²) < 4.78 is 37.6. The minimum Gasteiger partial charge on any atom is -0.351 e. The van der Waals surface area contributed by atoms with Gasteiger partial charge in [-0.2, -0.15) is 0 Å². The van der Waals surface area contributed by atoms with Gasteiger partial charge in [0.1, 0.15) is 11.1 Å². The molecule has 0 saturated carbocycles. The third kappa shape index (κ3) is 5.68. The summed E-state index contributed by atoms with van der Waals surface area (Å²) in [5, 5.41) is 2.21. The van der Waals surface area contributed by atoms with Gasteiger partial charge in [0.05, 0.1) is 4.90 Å². The van der Waals surface area contributed by atoms with Crippen molar-refractivity contribution < 1.29 is 17.6 Å². The fourth-order valence-electron chi connectivity index (χ4n) is 2.73. The van der Waals surface area contributed by atoms with E-state index in [1.807, 2.05) is 60.7 Å². The SMILES string of the molecule is CS(=O)(=O)c1ccc(F)c(CNC(=O)[C@@H](Sc2ccccc2)c2ccccc2)c1. The standard InChI is InChI=1S/C22H20FNO3S2/c1-29(26,27)19-12-13-20(23)17(14-19)15-24-22(25)21(16-8-4-2-5-9-16)28-18-10-6-3-7-11-18/h2-14,21H,15H2,1H3,(H,24,25)/t21-/m0/s1. The molecule has 1 amide bonds. The van der Waals surface area contributed by atoms with E-state index in [9.17, 15) is 17.6 Å². The lowest BCUT2D eigenvalue weighted by Gasteiger charge is -2.17. The van der Waals surface area contributed by atoms with Gasteiger partial charge in [-0.25, -0.2) is 12.8 Å². The topological polar surface area (TPSA) is 63.2 Å². The zero-order valence-electron chi connectivity index (χ0n) is 15.7. The van der Waals surface area contributed by atoms with Crippen LogP contribution in [0, 0.1) is 5.82 Å². The molecule has 29 heavy (non-hydrogen) atoms. The molecule has 1 N–H and O–H groups in total. The number of nitrogens with one attached hydrogen (secondary N) is 1. The fourth-order valence-corrected chi connectivity index (χ4v) is 4.47. The Kier molecular flexibility index (Phi) is 6.71. The van der Waals surface area contributed by atoms with Gasteiger partial charge >= 0.3 is 0 Å². The predicted molar refractivity (Wildman–Crippen MR) is 113 cm³/mol. The lowest BCUT2D eigenvalue weighted by atomic mass is 10.1. The van der Waals surface area contributed by atoms with Crippen LogP contribution in [0.25, 0.3) is 0 Å². The highest BCUT2D eigenvalue weighted by Gasteiger charge is 2.22. The number of carbonyl (C=O) groups is 1. The molecular weight excluding hydrogens is 409 g/mol. The van der Waals surface area contributed by atoms with Crippen molar-refractivity contribution in [2.75, 3.05) is 6.26 Å². The Morgan fingerprint density at radius 3 is 2.24 bits per heavy atom. The van der Waals surface area contributed by atoms with Gasteiger partial charge in [0.15, 0.2) is 9.84 Å². The summed E-state index contributed by atoms with van der Waals surface area (Å²) in [4.78, 5) is 13.9. The molecule has 150 valence electrons.